The van der Waals surface area contributed by atoms with Crippen molar-refractivity contribution in [2.45, 2.75) is 31.7 Å². The lowest BCUT2D eigenvalue weighted by Crippen LogP contribution is -2.47. The zero-order valence-corrected chi connectivity index (χ0v) is 14.6. The molecule has 0 aliphatic carbocycles. The molecule has 2 fully saturated rings. The van der Waals surface area contributed by atoms with Crippen LogP contribution < -0.4 is 10.2 Å². The van der Waals surface area contributed by atoms with Crippen molar-refractivity contribution in [3.05, 3.63) is 23.7 Å². The lowest BCUT2D eigenvalue weighted by atomic mass is 9.97. The zero-order valence-electron chi connectivity index (χ0n) is 13.7. The van der Waals surface area contributed by atoms with Gasteiger partial charge in [0, 0.05) is 44.5 Å². The van der Waals surface area contributed by atoms with Crippen molar-refractivity contribution in [2.24, 2.45) is 5.92 Å². The van der Waals surface area contributed by atoms with Gasteiger partial charge in [0.2, 0.25) is 5.91 Å². The molecule has 0 aromatic carbocycles. The Hall–Kier alpha value is -1.66. The first-order valence-corrected chi connectivity index (χ1v) is 9.64. The van der Waals surface area contributed by atoms with E-state index in [1.807, 2.05) is 6.20 Å². The van der Waals surface area contributed by atoms with Crippen molar-refractivity contribution in [3.8, 4) is 0 Å². The van der Waals surface area contributed by atoms with Gasteiger partial charge in [-0.15, -0.1) is 11.3 Å². The van der Waals surface area contributed by atoms with E-state index >= 15 is 0 Å². The van der Waals surface area contributed by atoms with E-state index in [-0.39, 0.29) is 11.8 Å². The molecule has 2 aromatic rings. The predicted octanol–water partition coefficient (Wildman–Crippen LogP) is 2.81. The second-order valence-corrected chi connectivity index (χ2v) is 7.54. The van der Waals surface area contributed by atoms with Crippen molar-refractivity contribution in [2.75, 3.05) is 31.2 Å². The van der Waals surface area contributed by atoms with Crippen LogP contribution >= 0.6 is 11.3 Å². The van der Waals surface area contributed by atoms with Gasteiger partial charge in [-0.1, -0.05) is 0 Å². The Morgan fingerprint density at radius 2 is 2.00 bits per heavy atom. The van der Waals surface area contributed by atoms with Crippen LogP contribution in [0.3, 0.4) is 0 Å². The van der Waals surface area contributed by atoms with Gasteiger partial charge in [-0.25, -0.2) is 0 Å². The maximum absolute atomic E-state index is 12.4. The van der Waals surface area contributed by atoms with Crippen molar-refractivity contribution in [3.63, 3.8) is 0 Å². The molecule has 0 radical (unpaired) electrons. The monoisotopic (exact) mass is 345 g/mol. The van der Waals surface area contributed by atoms with E-state index < -0.39 is 0 Å². The van der Waals surface area contributed by atoms with Crippen LogP contribution in [0.1, 0.15) is 25.7 Å². The van der Waals surface area contributed by atoms with Crippen molar-refractivity contribution >= 4 is 33.1 Å². The van der Waals surface area contributed by atoms with Crippen LogP contribution in [0, 0.1) is 5.92 Å². The van der Waals surface area contributed by atoms with Crippen LogP contribution in [0.15, 0.2) is 23.7 Å². The second kappa shape index (κ2) is 7.07. The Kier molecular flexibility index (Phi) is 4.67. The van der Waals surface area contributed by atoms with E-state index in [1.165, 1.54) is 10.4 Å². The highest BCUT2D eigenvalue weighted by Gasteiger charge is 2.26. The number of aromatic nitrogens is 1. The summed E-state index contributed by atoms with van der Waals surface area (Å²) in [5, 5.41) is 5.36. The van der Waals surface area contributed by atoms with Crippen LogP contribution in [0.4, 0.5) is 5.69 Å². The highest BCUT2D eigenvalue weighted by atomic mass is 32.1. The largest absolute Gasteiger partial charge is 0.381 e. The Morgan fingerprint density at radius 3 is 2.79 bits per heavy atom. The molecule has 2 aliphatic heterocycles. The number of amides is 1. The molecule has 0 spiro atoms. The third kappa shape index (κ3) is 3.26. The van der Waals surface area contributed by atoms with E-state index in [9.17, 15) is 4.79 Å². The van der Waals surface area contributed by atoms with E-state index in [2.05, 4.69) is 32.7 Å². The molecule has 0 saturated carbocycles. The normalized spacial score (nSPS) is 20.4. The number of hydrogen-bond donors (Lipinski definition) is 1. The van der Waals surface area contributed by atoms with Gasteiger partial charge in [0.15, 0.2) is 0 Å². The van der Waals surface area contributed by atoms with Crippen molar-refractivity contribution in [1.82, 2.24) is 10.3 Å². The molecule has 4 heterocycles. The third-order valence-electron chi connectivity index (χ3n) is 5.10. The van der Waals surface area contributed by atoms with Crippen LogP contribution in [0.2, 0.25) is 0 Å². The van der Waals surface area contributed by atoms with E-state index in [4.69, 9.17) is 4.74 Å². The fraction of sp³-hybridized carbons (Fsp3) is 0.556. The lowest BCUT2D eigenvalue weighted by Gasteiger charge is -2.35. The molecule has 5 nitrogen and oxygen atoms in total. The Bertz CT molecular complexity index is 703. The number of ether oxygens (including phenoxy) is 1. The topological polar surface area (TPSA) is 54.5 Å². The molecule has 2 aromatic heterocycles. The molecule has 0 unspecified atom stereocenters. The minimum atomic E-state index is 0.141. The predicted molar refractivity (Wildman–Crippen MR) is 96.5 cm³/mol. The van der Waals surface area contributed by atoms with Gasteiger partial charge in [0.25, 0.3) is 0 Å². The number of nitrogens with one attached hydrogen (secondary N) is 1. The number of thiophene rings is 1. The smallest absolute Gasteiger partial charge is 0.223 e. The van der Waals surface area contributed by atoms with E-state index in [1.54, 1.807) is 11.3 Å². The summed E-state index contributed by atoms with van der Waals surface area (Å²) >= 11 is 1.75. The maximum atomic E-state index is 12.4. The zero-order chi connectivity index (χ0) is 16.4. The van der Waals surface area contributed by atoms with Crippen LogP contribution in [-0.4, -0.2) is 43.2 Å². The molecular formula is C18H23N3O2S. The van der Waals surface area contributed by atoms with Gasteiger partial charge in [0.05, 0.1) is 15.9 Å². The highest BCUT2D eigenvalue weighted by molar-refractivity contribution is 7.17. The summed E-state index contributed by atoms with van der Waals surface area (Å²) in [6.45, 7) is 3.40. The minimum Gasteiger partial charge on any atom is -0.381 e. The van der Waals surface area contributed by atoms with Crippen LogP contribution in [-0.2, 0) is 9.53 Å². The average molecular weight is 345 g/mol. The number of rotatable bonds is 3. The first-order chi connectivity index (χ1) is 11.8. The Labute approximate surface area is 146 Å². The summed E-state index contributed by atoms with van der Waals surface area (Å²) < 4.78 is 6.61. The molecule has 1 amide bonds. The number of pyridine rings is 1. The fourth-order valence-electron chi connectivity index (χ4n) is 3.65. The first kappa shape index (κ1) is 15.8. The number of anilines is 1. The van der Waals surface area contributed by atoms with Crippen molar-refractivity contribution in [1.29, 1.82) is 0 Å². The molecule has 1 N–H and O–H groups in total. The van der Waals surface area contributed by atoms with Gasteiger partial charge in [-0.3, -0.25) is 9.78 Å². The summed E-state index contributed by atoms with van der Waals surface area (Å²) in [5.41, 5.74) is 2.36. The molecule has 4 rings (SSSR count). The molecule has 0 atom stereocenters. The number of carbonyl (C=O) groups is 1. The summed E-state index contributed by atoms with van der Waals surface area (Å²) in [4.78, 5) is 19.2. The fourth-order valence-corrected chi connectivity index (χ4v) is 4.54. The minimum absolute atomic E-state index is 0.141. The highest BCUT2D eigenvalue weighted by Crippen LogP contribution is 2.31. The number of piperidine rings is 1. The molecule has 2 aliphatic rings. The van der Waals surface area contributed by atoms with Gasteiger partial charge in [0.1, 0.15) is 0 Å². The molecule has 6 heteroatoms. The summed E-state index contributed by atoms with van der Waals surface area (Å²) in [7, 11) is 0. The third-order valence-corrected chi connectivity index (χ3v) is 6.02. The van der Waals surface area contributed by atoms with Crippen molar-refractivity contribution < 1.29 is 9.53 Å². The number of hydrogen-bond acceptors (Lipinski definition) is 5. The summed E-state index contributed by atoms with van der Waals surface area (Å²) in [6.07, 6.45) is 5.62. The average Bonchev–Trinajstić information content (AvgIpc) is 3.12. The number of carbonyl (C=O) groups excluding carboxylic acids is 1. The first-order valence-electron chi connectivity index (χ1n) is 8.76. The van der Waals surface area contributed by atoms with Gasteiger partial charge < -0.3 is 15.0 Å². The molecule has 24 heavy (non-hydrogen) atoms. The Balaban J connectivity index is 1.35. The molecule has 2 saturated heterocycles. The molecule has 0 bridgehead atoms. The quantitative estimate of drug-likeness (QED) is 0.929. The van der Waals surface area contributed by atoms with E-state index in [0.29, 0.717) is 6.04 Å². The van der Waals surface area contributed by atoms with Gasteiger partial charge in [-0.05, 0) is 43.2 Å². The standard InChI is InChI=1S/C18H23N3O2S/c22-18(13-4-10-23-11-5-13)20-14-2-8-21(9-3-14)16-1-7-19-15-6-12-24-17(15)16/h1,6-7,12-14H,2-5,8-11H2,(H,20,22). The second-order valence-electron chi connectivity index (χ2n) is 6.62. The maximum Gasteiger partial charge on any atom is 0.223 e. The summed E-state index contributed by atoms with van der Waals surface area (Å²) in [5.74, 6) is 0.365. The Morgan fingerprint density at radius 1 is 1.21 bits per heavy atom. The summed E-state index contributed by atoms with van der Waals surface area (Å²) in [6, 6.07) is 4.49. The van der Waals surface area contributed by atoms with Gasteiger partial charge >= 0.3 is 0 Å². The lowest BCUT2D eigenvalue weighted by molar-refractivity contribution is -0.128. The number of fused-ring (bicyclic) bond motifs is 1. The number of nitrogens with zero attached hydrogens (tertiary/aromatic N) is 2. The van der Waals surface area contributed by atoms with Crippen LogP contribution in [0.25, 0.3) is 10.2 Å². The van der Waals surface area contributed by atoms with E-state index in [0.717, 1.165) is 57.5 Å². The SMILES string of the molecule is O=C(NC1CCN(c2ccnc3ccsc23)CC1)C1CCOCC1. The van der Waals surface area contributed by atoms with Crippen LogP contribution in [0.5, 0.6) is 0 Å². The molecule has 128 valence electrons. The van der Waals surface area contributed by atoms with Gasteiger partial charge in [-0.2, -0.15) is 0 Å². The molecular weight excluding hydrogens is 322 g/mol.